The normalized spacial score (nSPS) is 14.1. The second kappa shape index (κ2) is 15.0. The van der Waals surface area contributed by atoms with Crippen LogP contribution in [0.2, 0.25) is 26.2 Å². The zero-order valence-electron chi connectivity index (χ0n) is 40.5. The first-order valence-corrected chi connectivity index (χ1v) is 31.1. The van der Waals surface area contributed by atoms with Gasteiger partial charge in [-0.05, 0) is 174 Å². The third kappa shape index (κ3) is 6.03. The van der Waals surface area contributed by atoms with Gasteiger partial charge in [0.2, 0.25) is 0 Å². The molecule has 342 valence electrons. The van der Waals surface area contributed by atoms with Gasteiger partial charge in [-0.3, -0.25) is 0 Å². The van der Waals surface area contributed by atoms with Crippen molar-refractivity contribution in [3.05, 3.63) is 218 Å². The molecule has 11 aromatic carbocycles. The number of fused-ring (bicyclic) bond motifs is 14. The summed E-state index contributed by atoms with van der Waals surface area (Å²) in [7, 11) is -3.76. The Labute approximate surface area is 419 Å². The van der Waals surface area contributed by atoms with Crippen LogP contribution in [0.3, 0.4) is 0 Å². The van der Waals surface area contributed by atoms with Crippen molar-refractivity contribution in [2.24, 2.45) is 0 Å². The molecule has 0 amide bonds. The van der Waals surface area contributed by atoms with Gasteiger partial charge in [0.15, 0.2) is 0 Å². The van der Waals surface area contributed by atoms with Crippen LogP contribution in [-0.2, 0) is 0 Å². The molecule has 13 aromatic rings. The summed E-state index contributed by atoms with van der Waals surface area (Å²) in [6.45, 7) is 9.93. The smallest absolute Gasteiger partial charge is 0.136 e. The summed E-state index contributed by atoms with van der Waals surface area (Å²) >= 11 is 0. The van der Waals surface area contributed by atoms with Crippen molar-refractivity contribution in [1.82, 2.24) is 0 Å². The Kier molecular flexibility index (Phi) is 8.64. The second-order valence-corrected chi connectivity index (χ2v) is 29.6. The molecule has 0 bridgehead atoms. The van der Waals surface area contributed by atoms with Crippen LogP contribution in [-0.4, -0.2) is 16.1 Å². The Morgan fingerprint density at radius 2 is 0.611 bits per heavy atom. The second-order valence-electron chi connectivity index (χ2n) is 21.0. The Hall–Kier alpha value is -8.43. The van der Waals surface area contributed by atoms with Crippen molar-refractivity contribution in [2.75, 3.05) is 9.80 Å². The van der Waals surface area contributed by atoms with E-state index in [1.807, 2.05) is 0 Å². The molecule has 72 heavy (non-hydrogen) atoms. The van der Waals surface area contributed by atoms with Crippen molar-refractivity contribution in [2.45, 2.75) is 26.2 Å². The quantitative estimate of drug-likeness (QED) is 0.156. The van der Waals surface area contributed by atoms with Gasteiger partial charge in [-0.2, -0.15) is 0 Å². The first-order chi connectivity index (χ1) is 35.2. The minimum Gasteiger partial charge on any atom is -0.456 e. The molecule has 0 N–H and O–H groups in total. The fourth-order valence-electron chi connectivity index (χ4n) is 12.5. The molecule has 0 radical (unpaired) electrons. The highest BCUT2D eigenvalue weighted by Gasteiger charge is 2.39. The summed E-state index contributed by atoms with van der Waals surface area (Å²) in [5, 5.41) is 14.8. The molecule has 4 nitrogen and oxygen atoms in total. The number of anilines is 6. The van der Waals surface area contributed by atoms with Crippen LogP contribution in [0.15, 0.2) is 227 Å². The molecule has 0 unspecified atom stereocenters. The van der Waals surface area contributed by atoms with Gasteiger partial charge < -0.3 is 18.6 Å². The average molecular weight is 957 g/mol. The van der Waals surface area contributed by atoms with E-state index >= 15 is 0 Å². The standard InChI is InChI=1S/C66H48N2O2Si2/c1-71(2)63-21-13-11-19-51(63)53-29-27-49(37-65(53)71)67(45-15-7-5-8-16-45)47-25-23-41-33-55-57-39-62-58(40-61(57)69-59(55)35-43(41)31-47)56-34-42-24-26-48(32-44(42)36-60(56)70-62)68(46-17-9-6-10-18-46)50-28-30-54-52-20-12-14-22-64(52)72(3,4)66(54)38-50/h5-40H,1-4H3. The van der Waals surface area contributed by atoms with Gasteiger partial charge in [0.25, 0.3) is 0 Å². The molecule has 6 heteroatoms. The summed E-state index contributed by atoms with van der Waals surface area (Å²) < 4.78 is 13.6. The molecule has 0 saturated carbocycles. The van der Waals surface area contributed by atoms with E-state index in [4.69, 9.17) is 8.83 Å². The third-order valence-corrected chi connectivity index (χ3v) is 23.2. The predicted molar refractivity (Wildman–Crippen MR) is 310 cm³/mol. The van der Waals surface area contributed by atoms with Crippen LogP contribution in [0.4, 0.5) is 34.1 Å². The zero-order valence-corrected chi connectivity index (χ0v) is 42.5. The molecule has 2 aliphatic rings. The van der Waals surface area contributed by atoms with Gasteiger partial charge in [-0.25, -0.2) is 0 Å². The molecule has 0 spiro atoms. The molecule has 0 aliphatic carbocycles. The predicted octanol–water partition coefficient (Wildman–Crippen LogP) is 16.3. The number of hydrogen-bond donors (Lipinski definition) is 0. The highest BCUT2D eigenvalue weighted by molar-refractivity contribution is 7.04. The van der Waals surface area contributed by atoms with E-state index in [9.17, 15) is 0 Å². The monoisotopic (exact) mass is 956 g/mol. The Bertz CT molecular complexity index is 4130. The fourth-order valence-corrected chi connectivity index (χ4v) is 18.7. The third-order valence-electron chi connectivity index (χ3n) is 16.1. The highest BCUT2D eigenvalue weighted by Crippen LogP contribution is 2.44. The van der Waals surface area contributed by atoms with E-state index < -0.39 is 16.1 Å². The summed E-state index contributed by atoms with van der Waals surface area (Å²) in [4.78, 5) is 4.79. The van der Waals surface area contributed by atoms with Gasteiger partial charge in [0.05, 0.1) is 0 Å². The van der Waals surface area contributed by atoms with Crippen LogP contribution in [0.5, 0.6) is 0 Å². The van der Waals surface area contributed by atoms with E-state index in [2.05, 4.69) is 254 Å². The minimum atomic E-state index is -1.88. The van der Waals surface area contributed by atoms with Crippen LogP contribution in [0.25, 0.3) is 87.7 Å². The molecule has 0 saturated heterocycles. The maximum Gasteiger partial charge on any atom is 0.136 e. The van der Waals surface area contributed by atoms with Crippen molar-refractivity contribution < 1.29 is 8.83 Å². The fraction of sp³-hybridized carbons (Fsp3) is 0.0606. The Morgan fingerprint density at radius 3 is 1.06 bits per heavy atom. The van der Waals surface area contributed by atoms with E-state index in [0.29, 0.717) is 0 Å². The Morgan fingerprint density at radius 1 is 0.264 bits per heavy atom. The summed E-state index contributed by atoms with van der Waals surface area (Å²) in [5.41, 5.74) is 15.8. The van der Waals surface area contributed by atoms with Crippen molar-refractivity contribution in [1.29, 1.82) is 0 Å². The van der Waals surface area contributed by atoms with Crippen LogP contribution in [0.1, 0.15) is 0 Å². The number of hydrogen-bond acceptors (Lipinski definition) is 4. The first kappa shape index (κ1) is 41.4. The molecule has 2 aliphatic heterocycles. The van der Waals surface area contributed by atoms with Gasteiger partial charge in [-0.1, -0.05) is 135 Å². The van der Waals surface area contributed by atoms with Gasteiger partial charge in [0, 0.05) is 55.7 Å². The Balaban J connectivity index is 0.804. The lowest BCUT2D eigenvalue weighted by molar-refractivity contribution is 0.664. The molecule has 15 rings (SSSR count). The lowest BCUT2D eigenvalue weighted by Gasteiger charge is -2.27. The highest BCUT2D eigenvalue weighted by atomic mass is 28.3. The van der Waals surface area contributed by atoms with E-state index in [1.165, 1.54) is 54.4 Å². The summed E-state index contributed by atoms with van der Waals surface area (Å²) in [5.74, 6) is 0. The number of para-hydroxylation sites is 2. The van der Waals surface area contributed by atoms with Crippen molar-refractivity contribution >= 4 is 136 Å². The molecule has 0 fully saturated rings. The van der Waals surface area contributed by atoms with E-state index in [-0.39, 0.29) is 0 Å². The number of benzene rings is 11. The van der Waals surface area contributed by atoms with Crippen molar-refractivity contribution in [3.63, 3.8) is 0 Å². The number of nitrogens with zero attached hydrogens (tertiary/aromatic N) is 2. The van der Waals surface area contributed by atoms with Gasteiger partial charge >= 0.3 is 0 Å². The lowest BCUT2D eigenvalue weighted by atomic mass is 10.0. The largest absolute Gasteiger partial charge is 0.456 e. The topological polar surface area (TPSA) is 32.8 Å². The van der Waals surface area contributed by atoms with Crippen molar-refractivity contribution in [3.8, 4) is 22.3 Å². The summed E-state index contributed by atoms with van der Waals surface area (Å²) in [6, 6.07) is 80.6. The average Bonchev–Trinajstić information content (AvgIpc) is 4.08. The molecular weight excluding hydrogens is 909 g/mol. The van der Waals surface area contributed by atoms with Crippen LogP contribution >= 0.6 is 0 Å². The minimum absolute atomic E-state index is 0.852. The van der Waals surface area contributed by atoms with Crippen LogP contribution < -0.4 is 30.5 Å². The van der Waals surface area contributed by atoms with Gasteiger partial charge in [-0.15, -0.1) is 0 Å². The molecule has 0 atom stereocenters. The lowest BCUT2D eigenvalue weighted by Crippen LogP contribution is -2.49. The zero-order chi connectivity index (χ0) is 48.0. The molecule has 2 aromatic heterocycles. The SMILES string of the molecule is C[Si]1(C)c2ccccc2-c2ccc(N(c3ccccc3)c3ccc4cc5c(cc4c3)oc3cc4c(cc35)oc3cc5cc(N(c6ccccc6)c6ccc7c(c6)[Si](C)(C)c6ccccc6-7)ccc5cc34)cc21. The molecule has 4 heterocycles. The maximum atomic E-state index is 6.78. The van der Waals surface area contributed by atoms with E-state index in [1.54, 1.807) is 0 Å². The van der Waals surface area contributed by atoms with E-state index in [0.717, 1.165) is 88.2 Å². The summed E-state index contributed by atoms with van der Waals surface area (Å²) in [6.07, 6.45) is 0. The molecular formula is C66H48N2O2Si2. The number of rotatable bonds is 6. The number of furan rings is 2. The van der Waals surface area contributed by atoms with Crippen LogP contribution in [0, 0.1) is 0 Å². The maximum absolute atomic E-state index is 6.78. The van der Waals surface area contributed by atoms with Gasteiger partial charge in [0.1, 0.15) is 38.5 Å². The first-order valence-electron chi connectivity index (χ1n) is 25.1.